The van der Waals surface area contributed by atoms with E-state index in [0.717, 1.165) is 0 Å². The summed E-state index contributed by atoms with van der Waals surface area (Å²) in [6.45, 7) is 3.42. The topological polar surface area (TPSA) is 77.0 Å². The van der Waals surface area contributed by atoms with E-state index in [1.165, 1.54) is 18.2 Å². The van der Waals surface area contributed by atoms with Crippen LogP contribution in [0.25, 0.3) is 0 Å². The van der Waals surface area contributed by atoms with E-state index in [9.17, 15) is 9.59 Å². The fourth-order valence-corrected chi connectivity index (χ4v) is 2.54. The van der Waals surface area contributed by atoms with Crippen molar-refractivity contribution < 1.29 is 19.2 Å². The molecule has 0 radical (unpaired) electrons. The molecule has 1 aromatic carbocycles. The first kappa shape index (κ1) is 16.6. The van der Waals surface area contributed by atoms with Crippen molar-refractivity contribution in [3.05, 3.63) is 28.2 Å². The first-order valence-electron chi connectivity index (χ1n) is 6.54. The molecular formula is C14H14Cl2N2O4. The quantitative estimate of drug-likeness (QED) is 0.672. The van der Waals surface area contributed by atoms with Crippen LogP contribution in [-0.2, 0) is 19.2 Å². The molecule has 1 aromatic rings. The highest BCUT2D eigenvalue weighted by Crippen LogP contribution is 2.29. The van der Waals surface area contributed by atoms with Crippen molar-refractivity contribution in [2.45, 2.75) is 25.9 Å². The molecule has 0 bridgehead atoms. The van der Waals surface area contributed by atoms with Gasteiger partial charge in [0.1, 0.15) is 0 Å². The molecule has 1 N–H and O–H groups in total. The number of carbonyl (C=O) groups is 2. The number of hydrogen-bond donors (Lipinski definition) is 1. The Kier molecular flexibility index (Phi) is 4.93. The van der Waals surface area contributed by atoms with Gasteiger partial charge in [0.15, 0.2) is 0 Å². The third kappa shape index (κ3) is 3.34. The number of amides is 1. The summed E-state index contributed by atoms with van der Waals surface area (Å²) in [6.07, 6.45) is 0.0198. The zero-order chi connectivity index (χ0) is 16.3. The lowest BCUT2D eigenvalue weighted by Gasteiger charge is -2.23. The van der Waals surface area contributed by atoms with Crippen LogP contribution in [0.15, 0.2) is 23.4 Å². The Labute approximate surface area is 137 Å². The number of nitrogens with zero attached hydrogens (tertiary/aromatic N) is 1. The molecule has 2 rings (SSSR count). The van der Waals surface area contributed by atoms with Crippen molar-refractivity contribution >= 4 is 46.5 Å². The van der Waals surface area contributed by atoms with E-state index in [0.29, 0.717) is 21.4 Å². The number of hydrogen-bond acceptors (Lipinski definition) is 5. The number of ether oxygens (including phenoxy) is 1. The molecule has 1 atom stereocenters. The molecule has 0 aromatic heterocycles. The van der Waals surface area contributed by atoms with Crippen molar-refractivity contribution in [2.24, 2.45) is 5.16 Å². The fourth-order valence-electron chi connectivity index (χ4n) is 2.01. The van der Waals surface area contributed by atoms with Gasteiger partial charge in [-0.2, -0.15) is 0 Å². The summed E-state index contributed by atoms with van der Waals surface area (Å²) in [5, 5.41) is 6.96. The lowest BCUT2D eigenvalue weighted by atomic mass is 9.96. The second-order valence-electron chi connectivity index (χ2n) is 4.75. The third-order valence-electron chi connectivity index (χ3n) is 2.95. The second-order valence-corrected chi connectivity index (χ2v) is 5.63. The summed E-state index contributed by atoms with van der Waals surface area (Å²) >= 11 is 11.8. The number of carbonyl (C=O) groups excluding carboxylic acids is 2. The van der Waals surface area contributed by atoms with Gasteiger partial charge in [-0.3, -0.25) is 4.79 Å². The Hall–Kier alpha value is -1.79. The monoisotopic (exact) mass is 344 g/mol. The molecule has 0 aliphatic carbocycles. The van der Waals surface area contributed by atoms with E-state index in [-0.39, 0.29) is 13.0 Å². The number of anilines is 1. The van der Waals surface area contributed by atoms with E-state index in [1.807, 2.05) is 0 Å². The largest absolute Gasteiger partial charge is 0.463 e. The van der Waals surface area contributed by atoms with Crippen LogP contribution in [0.4, 0.5) is 5.69 Å². The van der Waals surface area contributed by atoms with Gasteiger partial charge < -0.3 is 14.9 Å². The van der Waals surface area contributed by atoms with Crippen LogP contribution in [0.2, 0.25) is 10.0 Å². The Morgan fingerprint density at radius 3 is 2.50 bits per heavy atom. The summed E-state index contributed by atoms with van der Waals surface area (Å²) in [5.74, 6) is -1.48. The molecule has 1 unspecified atom stereocenters. The average Bonchev–Trinajstić information content (AvgIpc) is 2.81. The molecular weight excluding hydrogens is 331 g/mol. The van der Waals surface area contributed by atoms with Crippen molar-refractivity contribution in [3.8, 4) is 0 Å². The summed E-state index contributed by atoms with van der Waals surface area (Å²) < 4.78 is 4.93. The molecule has 0 saturated carbocycles. The minimum absolute atomic E-state index is 0.0198. The zero-order valence-corrected chi connectivity index (χ0v) is 13.5. The van der Waals surface area contributed by atoms with Crippen molar-refractivity contribution in [1.29, 1.82) is 0 Å². The van der Waals surface area contributed by atoms with Gasteiger partial charge >= 0.3 is 11.6 Å². The zero-order valence-electron chi connectivity index (χ0n) is 12.0. The van der Waals surface area contributed by atoms with E-state index in [2.05, 4.69) is 10.5 Å². The summed E-state index contributed by atoms with van der Waals surface area (Å²) in [6, 6.07) is 4.54. The van der Waals surface area contributed by atoms with Gasteiger partial charge in [-0.25, -0.2) is 4.79 Å². The Morgan fingerprint density at radius 2 is 2.00 bits per heavy atom. The molecule has 0 spiro atoms. The van der Waals surface area contributed by atoms with Crippen LogP contribution in [0.5, 0.6) is 0 Å². The Morgan fingerprint density at radius 1 is 1.36 bits per heavy atom. The molecule has 118 valence electrons. The number of oxime groups is 1. The number of benzene rings is 1. The van der Waals surface area contributed by atoms with Crippen LogP contribution < -0.4 is 5.32 Å². The highest BCUT2D eigenvalue weighted by molar-refractivity contribution is 6.35. The van der Waals surface area contributed by atoms with Gasteiger partial charge in [0.2, 0.25) is 0 Å². The lowest BCUT2D eigenvalue weighted by Crippen LogP contribution is -2.51. The summed E-state index contributed by atoms with van der Waals surface area (Å²) in [5.41, 5.74) is -0.957. The van der Waals surface area contributed by atoms with Gasteiger partial charge in [0.05, 0.1) is 18.7 Å². The number of nitrogens with one attached hydrogen (secondary N) is 1. The molecule has 8 heteroatoms. The van der Waals surface area contributed by atoms with E-state index >= 15 is 0 Å². The lowest BCUT2D eigenvalue weighted by molar-refractivity contribution is -0.172. The maximum atomic E-state index is 12.5. The van der Waals surface area contributed by atoms with Crippen LogP contribution in [-0.4, -0.2) is 29.8 Å². The summed E-state index contributed by atoms with van der Waals surface area (Å²) in [7, 11) is 0. The van der Waals surface area contributed by atoms with Crippen LogP contribution in [0, 0.1) is 0 Å². The van der Waals surface area contributed by atoms with Gasteiger partial charge in [0.25, 0.3) is 5.91 Å². The average molecular weight is 345 g/mol. The first-order chi connectivity index (χ1) is 10.4. The van der Waals surface area contributed by atoms with E-state index < -0.39 is 17.5 Å². The molecule has 1 aliphatic heterocycles. The molecule has 6 nitrogen and oxygen atoms in total. The standard InChI is InChI=1S/C14H14Cl2N2O4/c1-3-21-13(20)14(7-8(2)18-22-14)12(19)17-11-5-9(15)4-10(16)6-11/h4-6H,3,7H2,1-2H3,(H,17,19). The SMILES string of the molecule is CCOC(=O)C1(C(=O)Nc2cc(Cl)cc(Cl)c2)CC(C)=NO1. The Bertz CT molecular complexity index is 627. The molecule has 1 amide bonds. The maximum Gasteiger partial charge on any atom is 0.363 e. The number of rotatable bonds is 4. The molecule has 0 fully saturated rings. The van der Waals surface area contributed by atoms with Gasteiger partial charge in [-0.1, -0.05) is 28.4 Å². The molecule has 1 aliphatic rings. The fraction of sp³-hybridized carbons (Fsp3) is 0.357. The highest BCUT2D eigenvalue weighted by atomic mass is 35.5. The Balaban J connectivity index is 2.25. The van der Waals surface area contributed by atoms with Gasteiger partial charge in [0, 0.05) is 15.7 Å². The summed E-state index contributed by atoms with van der Waals surface area (Å²) in [4.78, 5) is 29.8. The normalized spacial score (nSPS) is 20.1. The molecule has 1 heterocycles. The van der Waals surface area contributed by atoms with Gasteiger partial charge in [-0.15, -0.1) is 0 Å². The van der Waals surface area contributed by atoms with Crippen molar-refractivity contribution in [2.75, 3.05) is 11.9 Å². The molecule has 22 heavy (non-hydrogen) atoms. The number of halogens is 2. The van der Waals surface area contributed by atoms with Gasteiger partial charge in [-0.05, 0) is 32.0 Å². The first-order valence-corrected chi connectivity index (χ1v) is 7.29. The third-order valence-corrected chi connectivity index (χ3v) is 3.39. The van der Waals surface area contributed by atoms with Crippen LogP contribution >= 0.6 is 23.2 Å². The van der Waals surface area contributed by atoms with E-state index in [1.54, 1.807) is 13.8 Å². The minimum Gasteiger partial charge on any atom is -0.463 e. The predicted octanol–water partition coefficient (Wildman–Crippen LogP) is 3.03. The highest BCUT2D eigenvalue weighted by Gasteiger charge is 2.54. The van der Waals surface area contributed by atoms with Crippen molar-refractivity contribution in [1.82, 2.24) is 0 Å². The van der Waals surface area contributed by atoms with Crippen LogP contribution in [0.3, 0.4) is 0 Å². The second kappa shape index (κ2) is 6.54. The maximum absolute atomic E-state index is 12.5. The number of esters is 1. The van der Waals surface area contributed by atoms with E-state index in [4.69, 9.17) is 32.8 Å². The van der Waals surface area contributed by atoms with Crippen LogP contribution in [0.1, 0.15) is 20.3 Å². The smallest absolute Gasteiger partial charge is 0.363 e. The predicted molar refractivity (Wildman–Crippen MR) is 83.3 cm³/mol. The van der Waals surface area contributed by atoms with Crippen molar-refractivity contribution in [3.63, 3.8) is 0 Å². The molecule has 0 saturated heterocycles. The minimum atomic E-state index is -1.82.